The summed E-state index contributed by atoms with van der Waals surface area (Å²) in [6.07, 6.45) is 1.90. The molecule has 0 radical (unpaired) electrons. The van der Waals surface area contributed by atoms with Crippen molar-refractivity contribution in [2.75, 3.05) is 0 Å². The van der Waals surface area contributed by atoms with E-state index in [1.807, 2.05) is 43.6 Å². The first-order valence-corrected chi connectivity index (χ1v) is 5.30. The lowest BCUT2D eigenvalue weighted by Gasteiger charge is -2.20. The van der Waals surface area contributed by atoms with Gasteiger partial charge in [-0.25, -0.2) is 0 Å². The van der Waals surface area contributed by atoms with Gasteiger partial charge in [-0.05, 0) is 25.5 Å². The van der Waals surface area contributed by atoms with Gasteiger partial charge >= 0.3 is 0 Å². The maximum atomic E-state index is 10.1. The zero-order valence-corrected chi connectivity index (χ0v) is 9.81. The number of hydrogen-bond acceptors (Lipinski definition) is 2. The van der Waals surface area contributed by atoms with Crippen molar-refractivity contribution in [1.82, 2.24) is 9.78 Å². The van der Waals surface area contributed by atoms with Crippen molar-refractivity contribution in [3.8, 4) is 11.3 Å². The predicted molar refractivity (Wildman–Crippen MR) is 63.9 cm³/mol. The van der Waals surface area contributed by atoms with Crippen LogP contribution in [0.25, 0.3) is 11.3 Å². The Morgan fingerprint density at radius 1 is 1.19 bits per heavy atom. The molecule has 2 aromatic rings. The van der Waals surface area contributed by atoms with E-state index in [0.29, 0.717) is 0 Å². The third kappa shape index (κ3) is 1.99. The molecule has 0 bridgehead atoms. The molecule has 0 amide bonds. The Kier molecular flexibility index (Phi) is 2.56. The molecule has 0 saturated carbocycles. The lowest BCUT2D eigenvalue weighted by atomic mass is 9.92. The third-order valence-corrected chi connectivity index (χ3v) is 2.58. The van der Waals surface area contributed by atoms with E-state index >= 15 is 0 Å². The van der Waals surface area contributed by atoms with Crippen LogP contribution < -0.4 is 0 Å². The minimum atomic E-state index is -0.853. The van der Waals surface area contributed by atoms with Gasteiger partial charge in [-0.3, -0.25) is 4.68 Å². The van der Waals surface area contributed by atoms with Crippen molar-refractivity contribution in [2.45, 2.75) is 19.4 Å². The Hall–Kier alpha value is -1.61. The fraction of sp³-hybridized carbons (Fsp3) is 0.308. The SMILES string of the molecule is Cn1ccc(-c2ccccc2C(C)(C)O)n1. The smallest absolute Gasteiger partial charge is 0.0926 e. The highest BCUT2D eigenvalue weighted by Gasteiger charge is 2.20. The van der Waals surface area contributed by atoms with Gasteiger partial charge < -0.3 is 5.11 Å². The first-order valence-electron chi connectivity index (χ1n) is 5.30. The predicted octanol–water partition coefficient (Wildman–Crippen LogP) is 2.31. The molecule has 1 aromatic carbocycles. The van der Waals surface area contributed by atoms with E-state index in [1.54, 1.807) is 18.5 Å². The van der Waals surface area contributed by atoms with Crippen LogP contribution in [-0.2, 0) is 12.6 Å². The highest BCUT2D eigenvalue weighted by Crippen LogP contribution is 2.30. The molecule has 0 unspecified atom stereocenters. The first kappa shape index (κ1) is 10.9. The summed E-state index contributed by atoms with van der Waals surface area (Å²) in [7, 11) is 1.89. The highest BCUT2D eigenvalue weighted by atomic mass is 16.3. The van der Waals surface area contributed by atoms with Crippen molar-refractivity contribution in [3.05, 3.63) is 42.1 Å². The number of aromatic nitrogens is 2. The highest BCUT2D eigenvalue weighted by molar-refractivity contribution is 5.64. The maximum Gasteiger partial charge on any atom is 0.0926 e. The fourth-order valence-corrected chi connectivity index (χ4v) is 1.80. The minimum Gasteiger partial charge on any atom is -0.386 e. The van der Waals surface area contributed by atoms with Gasteiger partial charge in [-0.2, -0.15) is 5.10 Å². The van der Waals surface area contributed by atoms with Gasteiger partial charge in [0, 0.05) is 18.8 Å². The van der Waals surface area contributed by atoms with Crippen molar-refractivity contribution in [1.29, 1.82) is 0 Å². The number of nitrogens with zero attached hydrogens (tertiary/aromatic N) is 2. The molecular weight excluding hydrogens is 200 g/mol. The average Bonchev–Trinajstić information content (AvgIpc) is 2.64. The van der Waals surface area contributed by atoms with E-state index in [2.05, 4.69) is 5.10 Å². The second-order valence-corrected chi connectivity index (χ2v) is 4.48. The Morgan fingerprint density at radius 2 is 1.88 bits per heavy atom. The molecule has 1 heterocycles. The lowest BCUT2D eigenvalue weighted by molar-refractivity contribution is 0.0792. The zero-order chi connectivity index (χ0) is 11.8. The summed E-state index contributed by atoms with van der Waals surface area (Å²) >= 11 is 0. The van der Waals surface area contributed by atoms with Crippen molar-refractivity contribution >= 4 is 0 Å². The van der Waals surface area contributed by atoms with Crippen LogP contribution in [-0.4, -0.2) is 14.9 Å². The van der Waals surface area contributed by atoms with E-state index in [-0.39, 0.29) is 0 Å². The normalized spacial score (nSPS) is 11.8. The summed E-state index contributed by atoms with van der Waals surface area (Å²) < 4.78 is 1.76. The summed E-state index contributed by atoms with van der Waals surface area (Å²) in [5.74, 6) is 0. The van der Waals surface area contributed by atoms with E-state index < -0.39 is 5.60 Å². The number of benzene rings is 1. The molecule has 0 fully saturated rings. The molecule has 16 heavy (non-hydrogen) atoms. The molecule has 1 aromatic heterocycles. The van der Waals surface area contributed by atoms with Gasteiger partial charge in [0.15, 0.2) is 0 Å². The first-order chi connectivity index (χ1) is 7.48. The average molecular weight is 216 g/mol. The largest absolute Gasteiger partial charge is 0.386 e. The van der Waals surface area contributed by atoms with Gasteiger partial charge in [0.2, 0.25) is 0 Å². The summed E-state index contributed by atoms with van der Waals surface area (Å²) in [5.41, 5.74) is 1.92. The van der Waals surface area contributed by atoms with E-state index in [4.69, 9.17) is 0 Å². The Morgan fingerprint density at radius 3 is 2.44 bits per heavy atom. The van der Waals surface area contributed by atoms with Gasteiger partial charge in [0.1, 0.15) is 0 Å². The Labute approximate surface area is 95.3 Å². The standard InChI is InChI=1S/C13H16N2O/c1-13(2,16)11-7-5-4-6-10(11)12-8-9-15(3)14-12/h4-9,16H,1-3H3. The zero-order valence-electron chi connectivity index (χ0n) is 9.81. The lowest BCUT2D eigenvalue weighted by Crippen LogP contribution is -2.16. The van der Waals surface area contributed by atoms with Gasteiger partial charge in [-0.1, -0.05) is 24.3 Å². The van der Waals surface area contributed by atoms with Crippen LogP contribution >= 0.6 is 0 Å². The van der Waals surface area contributed by atoms with Crippen LogP contribution in [0.3, 0.4) is 0 Å². The van der Waals surface area contributed by atoms with Crippen molar-refractivity contribution < 1.29 is 5.11 Å². The molecular formula is C13H16N2O. The molecule has 3 nitrogen and oxygen atoms in total. The summed E-state index contributed by atoms with van der Waals surface area (Å²) in [6, 6.07) is 9.75. The van der Waals surface area contributed by atoms with Crippen LogP contribution in [0.5, 0.6) is 0 Å². The van der Waals surface area contributed by atoms with Crippen LogP contribution in [0.4, 0.5) is 0 Å². The molecule has 84 valence electrons. The molecule has 0 spiro atoms. The third-order valence-electron chi connectivity index (χ3n) is 2.58. The minimum absolute atomic E-state index is 0.853. The second-order valence-electron chi connectivity index (χ2n) is 4.48. The molecule has 0 aliphatic carbocycles. The molecule has 3 heteroatoms. The molecule has 0 saturated heterocycles. The number of aryl methyl sites for hydroxylation is 1. The van der Waals surface area contributed by atoms with Crippen LogP contribution in [0, 0.1) is 0 Å². The van der Waals surface area contributed by atoms with Crippen LogP contribution in [0.1, 0.15) is 19.4 Å². The van der Waals surface area contributed by atoms with Crippen LogP contribution in [0.2, 0.25) is 0 Å². The summed E-state index contributed by atoms with van der Waals surface area (Å²) in [4.78, 5) is 0. The van der Waals surface area contributed by atoms with Crippen molar-refractivity contribution in [2.24, 2.45) is 7.05 Å². The van der Waals surface area contributed by atoms with Gasteiger partial charge in [0.05, 0.1) is 11.3 Å². The maximum absolute atomic E-state index is 10.1. The van der Waals surface area contributed by atoms with E-state index in [1.165, 1.54) is 0 Å². The Balaban J connectivity index is 2.57. The monoisotopic (exact) mass is 216 g/mol. The number of hydrogen-bond donors (Lipinski definition) is 1. The molecule has 0 atom stereocenters. The van der Waals surface area contributed by atoms with Crippen molar-refractivity contribution in [3.63, 3.8) is 0 Å². The molecule has 0 aliphatic heterocycles. The molecule has 1 N–H and O–H groups in total. The number of rotatable bonds is 2. The Bertz CT molecular complexity index is 495. The number of aliphatic hydroxyl groups is 1. The van der Waals surface area contributed by atoms with Gasteiger partial charge in [0.25, 0.3) is 0 Å². The van der Waals surface area contributed by atoms with Crippen LogP contribution in [0.15, 0.2) is 36.5 Å². The summed E-state index contributed by atoms with van der Waals surface area (Å²) in [6.45, 7) is 3.57. The molecule has 2 rings (SSSR count). The van der Waals surface area contributed by atoms with Gasteiger partial charge in [-0.15, -0.1) is 0 Å². The summed E-state index contributed by atoms with van der Waals surface area (Å²) in [5, 5.41) is 14.5. The van der Waals surface area contributed by atoms with E-state index in [0.717, 1.165) is 16.8 Å². The topological polar surface area (TPSA) is 38.0 Å². The fourth-order valence-electron chi connectivity index (χ4n) is 1.80. The second kappa shape index (κ2) is 3.76. The van der Waals surface area contributed by atoms with E-state index in [9.17, 15) is 5.11 Å². The quantitative estimate of drug-likeness (QED) is 0.836. The molecule has 0 aliphatic rings.